The second-order valence-electron chi connectivity index (χ2n) is 4.00. The Bertz CT molecular complexity index is 332. The number of nitrogens with zero attached hydrogens (tertiary/aromatic N) is 1. The van der Waals surface area contributed by atoms with Gasteiger partial charge >= 0.3 is 0 Å². The maximum Gasteiger partial charge on any atom is 0.236 e. The van der Waals surface area contributed by atoms with E-state index >= 15 is 0 Å². The highest BCUT2D eigenvalue weighted by molar-refractivity contribution is 5.77. The van der Waals surface area contributed by atoms with E-state index in [1.807, 2.05) is 14.0 Å². The van der Waals surface area contributed by atoms with E-state index in [-0.39, 0.29) is 5.91 Å². The van der Waals surface area contributed by atoms with Gasteiger partial charge in [0, 0.05) is 20.1 Å². The summed E-state index contributed by atoms with van der Waals surface area (Å²) in [4.78, 5) is 13.2. The number of benzene rings is 1. The molecule has 0 saturated heterocycles. The molecule has 3 nitrogen and oxygen atoms in total. The van der Waals surface area contributed by atoms with Crippen molar-refractivity contribution in [3.8, 4) is 0 Å². The van der Waals surface area contributed by atoms with E-state index in [0.29, 0.717) is 6.54 Å². The molecule has 0 atom stereocenters. The van der Waals surface area contributed by atoms with E-state index in [2.05, 4.69) is 36.5 Å². The van der Waals surface area contributed by atoms with Crippen LogP contribution in [0.4, 0.5) is 0 Å². The summed E-state index contributed by atoms with van der Waals surface area (Å²) >= 11 is 0. The lowest BCUT2D eigenvalue weighted by molar-refractivity contribution is -0.128. The summed E-state index contributed by atoms with van der Waals surface area (Å²) in [7, 11) is 1.82. The van der Waals surface area contributed by atoms with Crippen molar-refractivity contribution in [3.05, 3.63) is 35.4 Å². The van der Waals surface area contributed by atoms with Crippen LogP contribution in [0.2, 0.25) is 0 Å². The Morgan fingerprint density at radius 3 is 2.50 bits per heavy atom. The van der Waals surface area contributed by atoms with Crippen molar-refractivity contribution in [2.75, 3.05) is 20.1 Å². The Hall–Kier alpha value is -1.35. The van der Waals surface area contributed by atoms with E-state index in [1.165, 1.54) is 11.1 Å². The molecule has 1 amide bonds. The second kappa shape index (κ2) is 6.28. The third-order valence-electron chi connectivity index (χ3n) is 2.63. The molecule has 0 spiro atoms. The molecule has 0 fully saturated rings. The number of carbonyl (C=O) groups excluding carboxylic acids is 1. The molecule has 0 aromatic heterocycles. The lowest BCUT2D eigenvalue weighted by atomic mass is 10.1. The average Bonchev–Trinajstić information content (AvgIpc) is 2.30. The number of aryl methyl sites for hydroxylation is 1. The van der Waals surface area contributed by atoms with Gasteiger partial charge in [-0.05, 0) is 19.4 Å². The van der Waals surface area contributed by atoms with Crippen LogP contribution in [0.3, 0.4) is 0 Å². The predicted molar refractivity (Wildman–Crippen MR) is 66.2 cm³/mol. The summed E-state index contributed by atoms with van der Waals surface area (Å²) in [5.41, 5.74) is 2.46. The quantitative estimate of drug-likeness (QED) is 0.817. The van der Waals surface area contributed by atoms with E-state index in [0.717, 1.165) is 13.1 Å². The van der Waals surface area contributed by atoms with E-state index in [1.54, 1.807) is 4.90 Å². The smallest absolute Gasteiger partial charge is 0.236 e. The lowest BCUT2D eigenvalue weighted by Crippen LogP contribution is -2.35. The van der Waals surface area contributed by atoms with Gasteiger partial charge in [0.15, 0.2) is 0 Å². The Morgan fingerprint density at radius 2 is 1.94 bits per heavy atom. The standard InChI is InChI=1S/C13H20N2O/c1-4-15(3)13(16)10-14-9-12-7-5-11(2)6-8-12/h5-8,14H,4,9-10H2,1-3H3. The Labute approximate surface area is 97.5 Å². The highest BCUT2D eigenvalue weighted by Gasteiger charge is 2.04. The molecule has 0 aliphatic heterocycles. The van der Waals surface area contributed by atoms with Gasteiger partial charge in [-0.15, -0.1) is 0 Å². The molecule has 0 unspecified atom stereocenters. The summed E-state index contributed by atoms with van der Waals surface area (Å²) in [5, 5.41) is 3.14. The van der Waals surface area contributed by atoms with Crippen molar-refractivity contribution in [1.29, 1.82) is 0 Å². The first kappa shape index (κ1) is 12.7. The number of hydrogen-bond acceptors (Lipinski definition) is 2. The number of carbonyl (C=O) groups is 1. The SMILES string of the molecule is CCN(C)C(=O)CNCc1ccc(C)cc1. The first-order chi connectivity index (χ1) is 7.63. The van der Waals surface area contributed by atoms with Crippen molar-refractivity contribution >= 4 is 5.91 Å². The number of rotatable bonds is 5. The molecule has 0 saturated carbocycles. The zero-order valence-electron chi connectivity index (χ0n) is 10.3. The third kappa shape index (κ3) is 4.03. The van der Waals surface area contributed by atoms with Gasteiger partial charge in [-0.25, -0.2) is 0 Å². The van der Waals surface area contributed by atoms with Gasteiger partial charge in [0.25, 0.3) is 0 Å². The first-order valence-electron chi connectivity index (χ1n) is 5.63. The fourth-order valence-corrected chi connectivity index (χ4v) is 1.33. The fraction of sp³-hybridized carbons (Fsp3) is 0.462. The molecule has 1 aromatic rings. The zero-order chi connectivity index (χ0) is 12.0. The fourth-order valence-electron chi connectivity index (χ4n) is 1.33. The second-order valence-corrected chi connectivity index (χ2v) is 4.00. The summed E-state index contributed by atoms with van der Waals surface area (Å²) in [6, 6.07) is 8.32. The first-order valence-corrected chi connectivity index (χ1v) is 5.63. The summed E-state index contributed by atoms with van der Waals surface area (Å²) < 4.78 is 0. The van der Waals surface area contributed by atoms with Crippen molar-refractivity contribution in [3.63, 3.8) is 0 Å². The van der Waals surface area contributed by atoms with Crippen LogP contribution in [0.1, 0.15) is 18.1 Å². The Balaban J connectivity index is 2.30. The molecule has 1 N–H and O–H groups in total. The highest BCUT2D eigenvalue weighted by atomic mass is 16.2. The van der Waals surface area contributed by atoms with E-state index < -0.39 is 0 Å². The van der Waals surface area contributed by atoms with Crippen molar-refractivity contribution in [1.82, 2.24) is 10.2 Å². The van der Waals surface area contributed by atoms with Gasteiger partial charge in [0.1, 0.15) is 0 Å². The minimum absolute atomic E-state index is 0.134. The molecule has 0 aliphatic rings. The van der Waals surface area contributed by atoms with Crippen molar-refractivity contribution in [2.45, 2.75) is 20.4 Å². The van der Waals surface area contributed by atoms with E-state index in [4.69, 9.17) is 0 Å². The van der Waals surface area contributed by atoms with Crippen LogP contribution in [-0.4, -0.2) is 30.9 Å². The summed E-state index contributed by atoms with van der Waals surface area (Å²) in [6.45, 7) is 5.93. The normalized spacial score (nSPS) is 10.2. The summed E-state index contributed by atoms with van der Waals surface area (Å²) in [5.74, 6) is 0.134. The van der Waals surface area contributed by atoms with Gasteiger partial charge in [0.05, 0.1) is 6.54 Å². The average molecular weight is 220 g/mol. The maximum atomic E-state index is 11.5. The largest absolute Gasteiger partial charge is 0.345 e. The van der Waals surface area contributed by atoms with Gasteiger partial charge in [0.2, 0.25) is 5.91 Å². The van der Waals surface area contributed by atoms with Gasteiger partial charge in [-0.2, -0.15) is 0 Å². The van der Waals surface area contributed by atoms with Gasteiger partial charge in [-0.1, -0.05) is 29.8 Å². The summed E-state index contributed by atoms with van der Waals surface area (Å²) in [6.07, 6.45) is 0. The highest BCUT2D eigenvalue weighted by Crippen LogP contribution is 2.02. The molecule has 1 rings (SSSR count). The molecule has 16 heavy (non-hydrogen) atoms. The van der Waals surface area contributed by atoms with Crippen molar-refractivity contribution < 1.29 is 4.79 Å². The van der Waals surface area contributed by atoms with Crippen LogP contribution in [-0.2, 0) is 11.3 Å². The molecule has 0 bridgehead atoms. The van der Waals surface area contributed by atoms with Gasteiger partial charge in [-0.3, -0.25) is 4.79 Å². The molecule has 3 heteroatoms. The van der Waals surface area contributed by atoms with Crippen LogP contribution in [0, 0.1) is 6.92 Å². The zero-order valence-corrected chi connectivity index (χ0v) is 10.3. The minimum Gasteiger partial charge on any atom is -0.345 e. The number of amides is 1. The van der Waals surface area contributed by atoms with Crippen LogP contribution in [0.25, 0.3) is 0 Å². The molecule has 0 aliphatic carbocycles. The van der Waals surface area contributed by atoms with Gasteiger partial charge < -0.3 is 10.2 Å². The molecule has 88 valence electrons. The molecule has 1 aromatic carbocycles. The number of nitrogens with one attached hydrogen (secondary N) is 1. The third-order valence-corrected chi connectivity index (χ3v) is 2.63. The Morgan fingerprint density at radius 1 is 1.31 bits per heavy atom. The molecular formula is C13H20N2O. The lowest BCUT2D eigenvalue weighted by Gasteiger charge is -2.14. The predicted octanol–water partition coefficient (Wildman–Crippen LogP) is 1.56. The maximum absolute atomic E-state index is 11.5. The minimum atomic E-state index is 0.134. The molecule has 0 radical (unpaired) electrons. The topological polar surface area (TPSA) is 32.3 Å². The van der Waals surface area contributed by atoms with Crippen LogP contribution in [0.15, 0.2) is 24.3 Å². The van der Waals surface area contributed by atoms with E-state index in [9.17, 15) is 4.79 Å². The van der Waals surface area contributed by atoms with Crippen LogP contribution < -0.4 is 5.32 Å². The van der Waals surface area contributed by atoms with Crippen LogP contribution >= 0.6 is 0 Å². The Kier molecular flexibility index (Phi) is 4.99. The van der Waals surface area contributed by atoms with Crippen molar-refractivity contribution in [2.24, 2.45) is 0 Å². The number of hydrogen-bond donors (Lipinski definition) is 1. The molecule has 0 heterocycles. The van der Waals surface area contributed by atoms with Crippen LogP contribution in [0.5, 0.6) is 0 Å². The molecular weight excluding hydrogens is 200 g/mol. The number of likely N-dealkylation sites (N-methyl/N-ethyl adjacent to an activating group) is 1. The monoisotopic (exact) mass is 220 g/mol.